The van der Waals surface area contributed by atoms with Crippen LogP contribution in [0.25, 0.3) is 98.9 Å². The SMILES string of the molecule is N#Cc1cc(-n2c3ccccc3c3ccc4oc5ccccc5c4c32)c(-n2c3ccccc3c3ccc4oc5ccccc5c4c32)cc1C#N. The van der Waals surface area contributed by atoms with E-state index in [4.69, 9.17) is 8.83 Å². The van der Waals surface area contributed by atoms with Crippen molar-refractivity contribution in [2.75, 3.05) is 0 Å². The van der Waals surface area contributed by atoms with Crippen LogP contribution in [0.2, 0.25) is 0 Å². The maximum Gasteiger partial charge on any atom is 0.137 e. The highest BCUT2D eigenvalue weighted by Gasteiger charge is 2.25. The van der Waals surface area contributed by atoms with Gasteiger partial charge in [0.05, 0.1) is 55.3 Å². The van der Waals surface area contributed by atoms with Gasteiger partial charge in [0.25, 0.3) is 0 Å². The lowest BCUT2D eigenvalue weighted by Crippen LogP contribution is -2.06. The van der Waals surface area contributed by atoms with Gasteiger partial charge in [-0.25, -0.2) is 0 Å². The Bertz CT molecular complexity index is 3130. The molecule has 6 heteroatoms. The molecule has 6 nitrogen and oxygen atoms in total. The molecule has 0 fully saturated rings. The van der Waals surface area contributed by atoms with E-state index in [2.05, 4.69) is 81.9 Å². The van der Waals surface area contributed by atoms with Gasteiger partial charge in [0.2, 0.25) is 0 Å². The van der Waals surface area contributed by atoms with Crippen LogP contribution < -0.4 is 0 Å². The summed E-state index contributed by atoms with van der Waals surface area (Å²) in [5.74, 6) is 0. The minimum absolute atomic E-state index is 0.307. The van der Waals surface area contributed by atoms with Gasteiger partial charge in [-0.1, -0.05) is 72.8 Å². The number of nitrogens with zero attached hydrogens (tertiary/aromatic N) is 4. The molecule has 0 aliphatic carbocycles. The smallest absolute Gasteiger partial charge is 0.137 e. The van der Waals surface area contributed by atoms with Crippen LogP contribution >= 0.6 is 0 Å². The van der Waals surface area contributed by atoms with Crippen molar-refractivity contribution < 1.29 is 8.83 Å². The molecule has 0 atom stereocenters. The van der Waals surface area contributed by atoms with Gasteiger partial charge in [-0.15, -0.1) is 0 Å². The van der Waals surface area contributed by atoms with Crippen molar-refractivity contribution in [3.63, 3.8) is 0 Å². The summed E-state index contributed by atoms with van der Waals surface area (Å²) in [5, 5.41) is 29.2. The maximum atomic E-state index is 10.4. The van der Waals surface area contributed by atoms with E-state index in [0.29, 0.717) is 11.1 Å². The summed E-state index contributed by atoms with van der Waals surface area (Å²) in [6.45, 7) is 0. The molecule has 11 aromatic rings. The average Bonchev–Trinajstić information content (AvgIpc) is 3.91. The summed E-state index contributed by atoms with van der Waals surface area (Å²) in [5.41, 5.74) is 9.25. The second kappa shape index (κ2) is 9.64. The summed E-state index contributed by atoms with van der Waals surface area (Å²) in [6.07, 6.45) is 0. The molecule has 11 rings (SSSR count). The van der Waals surface area contributed by atoms with Gasteiger partial charge >= 0.3 is 0 Å². The van der Waals surface area contributed by atoms with E-state index in [-0.39, 0.29) is 0 Å². The average molecular weight is 639 g/mol. The highest BCUT2D eigenvalue weighted by molar-refractivity contribution is 6.26. The van der Waals surface area contributed by atoms with Gasteiger partial charge < -0.3 is 18.0 Å². The molecule has 4 aromatic heterocycles. The third kappa shape index (κ3) is 3.34. The third-order valence-corrected chi connectivity index (χ3v) is 10.2. The second-order valence-electron chi connectivity index (χ2n) is 12.7. The Balaban J connectivity index is 1.41. The number of hydrogen-bond acceptors (Lipinski definition) is 4. The van der Waals surface area contributed by atoms with Gasteiger partial charge in [-0.2, -0.15) is 10.5 Å². The highest BCUT2D eigenvalue weighted by Crippen LogP contribution is 2.45. The van der Waals surface area contributed by atoms with Crippen LogP contribution in [-0.2, 0) is 0 Å². The number of rotatable bonds is 2. The number of fused-ring (bicyclic) bond motifs is 14. The fraction of sp³-hybridized carbons (Fsp3) is 0. The standard InChI is InChI=1S/C44H22N4O2/c45-23-25-21-35(47-33-13-5-1-9-27(33)29-17-19-39-41(43(29)47)31-11-3-7-15-37(31)49-39)36(22-26(25)24-46)48-34-14-6-2-10-28(34)30-18-20-40-42(44(30)48)32-12-4-8-16-38(32)50-40/h1-22H. The van der Waals surface area contributed by atoms with Crippen molar-refractivity contribution in [2.24, 2.45) is 0 Å². The number of furan rings is 2. The number of nitriles is 2. The van der Waals surface area contributed by atoms with Crippen molar-refractivity contribution in [2.45, 2.75) is 0 Å². The van der Waals surface area contributed by atoms with E-state index >= 15 is 0 Å². The van der Waals surface area contributed by atoms with Crippen LogP contribution in [-0.4, -0.2) is 9.13 Å². The van der Waals surface area contributed by atoms with E-state index in [1.807, 2.05) is 72.8 Å². The Labute approximate surface area is 283 Å². The highest BCUT2D eigenvalue weighted by atomic mass is 16.3. The molecular weight excluding hydrogens is 617 g/mol. The monoisotopic (exact) mass is 638 g/mol. The summed E-state index contributed by atoms with van der Waals surface area (Å²) >= 11 is 0. The first-order valence-corrected chi connectivity index (χ1v) is 16.4. The van der Waals surface area contributed by atoms with Crippen LogP contribution in [0, 0.1) is 22.7 Å². The van der Waals surface area contributed by atoms with E-state index in [1.165, 1.54) is 0 Å². The maximum absolute atomic E-state index is 10.4. The zero-order valence-electron chi connectivity index (χ0n) is 26.3. The molecule has 0 unspecified atom stereocenters. The minimum atomic E-state index is 0.307. The Kier molecular flexibility index (Phi) is 5.16. The third-order valence-electron chi connectivity index (χ3n) is 10.2. The van der Waals surface area contributed by atoms with Crippen molar-refractivity contribution >= 4 is 87.5 Å². The Morgan fingerprint density at radius 3 is 1.24 bits per heavy atom. The molecule has 7 aromatic carbocycles. The summed E-state index contributed by atoms with van der Waals surface area (Å²) in [7, 11) is 0. The van der Waals surface area contributed by atoms with E-state index in [9.17, 15) is 10.5 Å². The molecule has 230 valence electrons. The molecule has 0 amide bonds. The lowest BCUT2D eigenvalue weighted by atomic mass is 10.0. The molecule has 0 spiro atoms. The summed E-state index contributed by atoms with van der Waals surface area (Å²) in [4.78, 5) is 0. The van der Waals surface area contributed by atoms with E-state index in [1.54, 1.807) is 0 Å². The van der Waals surface area contributed by atoms with Crippen molar-refractivity contribution in [1.29, 1.82) is 10.5 Å². The fourth-order valence-corrected chi connectivity index (χ4v) is 8.15. The van der Waals surface area contributed by atoms with Crippen molar-refractivity contribution in [3.8, 4) is 23.5 Å². The van der Waals surface area contributed by atoms with Crippen LogP contribution in [0.5, 0.6) is 0 Å². The lowest BCUT2D eigenvalue weighted by molar-refractivity contribution is 0.669. The van der Waals surface area contributed by atoms with Gasteiger partial charge in [0, 0.05) is 32.3 Å². The molecule has 0 radical (unpaired) electrons. The summed E-state index contributed by atoms with van der Waals surface area (Å²) < 4.78 is 17.3. The minimum Gasteiger partial charge on any atom is -0.456 e. The van der Waals surface area contributed by atoms with Crippen molar-refractivity contribution in [1.82, 2.24) is 9.13 Å². The molecule has 0 aliphatic heterocycles. The molecule has 0 saturated carbocycles. The summed E-state index contributed by atoms with van der Waals surface area (Å²) in [6, 6.07) is 49.6. The van der Waals surface area contributed by atoms with Crippen LogP contribution in [0.4, 0.5) is 0 Å². The van der Waals surface area contributed by atoms with Gasteiger partial charge in [-0.05, 0) is 60.7 Å². The predicted molar refractivity (Wildman–Crippen MR) is 199 cm³/mol. The first-order valence-electron chi connectivity index (χ1n) is 16.4. The number of para-hydroxylation sites is 4. The number of benzene rings is 7. The zero-order chi connectivity index (χ0) is 33.1. The predicted octanol–water partition coefficient (Wildman–Crippen LogP) is 11.4. The molecular formula is C44H22N4O2. The molecule has 4 heterocycles. The van der Waals surface area contributed by atoms with Crippen molar-refractivity contribution in [3.05, 3.63) is 145 Å². The number of aromatic nitrogens is 2. The Morgan fingerprint density at radius 2 is 0.800 bits per heavy atom. The van der Waals surface area contributed by atoms with Gasteiger partial charge in [0.1, 0.15) is 34.5 Å². The molecule has 50 heavy (non-hydrogen) atoms. The van der Waals surface area contributed by atoms with E-state index < -0.39 is 0 Å². The number of hydrogen-bond donors (Lipinski definition) is 0. The zero-order valence-corrected chi connectivity index (χ0v) is 26.3. The molecule has 0 N–H and O–H groups in total. The first kappa shape index (κ1) is 26.8. The quantitative estimate of drug-likeness (QED) is 0.189. The Morgan fingerprint density at radius 1 is 0.400 bits per heavy atom. The topological polar surface area (TPSA) is 83.7 Å². The first-order chi connectivity index (χ1) is 24.7. The molecule has 0 aliphatic rings. The fourth-order valence-electron chi connectivity index (χ4n) is 8.15. The normalized spacial score (nSPS) is 12.0. The lowest BCUT2D eigenvalue weighted by Gasteiger charge is -2.18. The van der Waals surface area contributed by atoms with E-state index in [0.717, 1.165) is 98.9 Å². The van der Waals surface area contributed by atoms with Crippen LogP contribution in [0.1, 0.15) is 11.1 Å². The largest absolute Gasteiger partial charge is 0.456 e. The van der Waals surface area contributed by atoms with Gasteiger partial charge in [0.15, 0.2) is 0 Å². The van der Waals surface area contributed by atoms with Crippen LogP contribution in [0.3, 0.4) is 0 Å². The van der Waals surface area contributed by atoms with Gasteiger partial charge in [-0.3, -0.25) is 0 Å². The molecule has 0 saturated heterocycles. The molecule has 0 bridgehead atoms. The second-order valence-corrected chi connectivity index (χ2v) is 12.7. The Hall–Kier alpha value is -7.28. The van der Waals surface area contributed by atoms with Crippen LogP contribution in [0.15, 0.2) is 142 Å².